The zero-order chi connectivity index (χ0) is 11.6. The van der Waals surface area contributed by atoms with Crippen LogP contribution in [0, 0.1) is 0 Å². The molecule has 0 fully saturated rings. The molecule has 3 nitrogen and oxygen atoms in total. The van der Waals surface area contributed by atoms with Gasteiger partial charge in [0, 0.05) is 12.0 Å². The number of halogens is 1. The summed E-state index contributed by atoms with van der Waals surface area (Å²) in [5.41, 5.74) is 2.43. The standard InChI is InChI=1S/C12H15NO2S.ClH/c1-2-7-16(14,15)12-4-3-10-5-6-13-9-11(10)8-12;/h2-4,8,13H,1,5-7,9H2;1H. The van der Waals surface area contributed by atoms with Gasteiger partial charge in [-0.15, -0.1) is 6.58 Å². The SMILES string of the molecule is C=CCS(=O)(=O)c1ccc2c(c1)C[NH2+]CC2.[Cl-]. The third kappa shape index (κ3) is 3.09. The van der Waals surface area contributed by atoms with E-state index in [1.165, 1.54) is 11.6 Å². The van der Waals surface area contributed by atoms with Gasteiger partial charge in [-0.3, -0.25) is 0 Å². The molecule has 1 heterocycles. The normalized spacial score (nSPS) is 14.6. The van der Waals surface area contributed by atoms with Crippen LogP contribution in [-0.2, 0) is 22.8 Å². The largest absolute Gasteiger partial charge is 1.00 e. The van der Waals surface area contributed by atoms with E-state index in [-0.39, 0.29) is 18.2 Å². The van der Waals surface area contributed by atoms with Crippen LogP contribution in [0.2, 0.25) is 0 Å². The van der Waals surface area contributed by atoms with Crippen LogP contribution in [-0.4, -0.2) is 20.7 Å². The molecule has 1 aromatic carbocycles. The highest BCUT2D eigenvalue weighted by Gasteiger charge is 2.17. The molecule has 0 radical (unpaired) electrons. The zero-order valence-electron chi connectivity index (χ0n) is 9.52. The minimum absolute atomic E-state index is 0. The highest BCUT2D eigenvalue weighted by atomic mass is 35.5. The first-order chi connectivity index (χ1) is 7.63. The molecule has 0 saturated carbocycles. The molecule has 0 saturated heterocycles. The highest BCUT2D eigenvalue weighted by Crippen LogP contribution is 2.18. The molecule has 2 rings (SSSR count). The lowest BCUT2D eigenvalue weighted by Gasteiger charge is -2.15. The summed E-state index contributed by atoms with van der Waals surface area (Å²) < 4.78 is 23.7. The Hall–Kier alpha value is -0.840. The number of sulfone groups is 1. The summed E-state index contributed by atoms with van der Waals surface area (Å²) in [6.45, 7) is 5.44. The summed E-state index contributed by atoms with van der Waals surface area (Å²) in [5, 5.41) is 2.20. The van der Waals surface area contributed by atoms with E-state index in [9.17, 15) is 8.42 Å². The molecule has 0 aliphatic carbocycles. The average Bonchev–Trinajstić information content (AvgIpc) is 2.28. The molecular formula is C12H16ClNO2S. The Bertz CT molecular complexity index is 511. The third-order valence-electron chi connectivity index (χ3n) is 2.86. The molecule has 5 heteroatoms. The molecule has 0 atom stereocenters. The molecule has 0 aromatic heterocycles. The van der Waals surface area contributed by atoms with Gasteiger partial charge < -0.3 is 17.7 Å². The summed E-state index contributed by atoms with van der Waals surface area (Å²) in [6.07, 6.45) is 2.46. The summed E-state index contributed by atoms with van der Waals surface area (Å²) in [6, 6.07) is 5.46. The fourth-order valence-electron chi connectivity index (χ4n) is 2.00. The number of fused-ring (bicyclic) bond motifs is 1. The van der Waals surface area contributed by atoms with Crippen LogP contribution in [0.15, 0.2) is 35.7 Å². The Kier molecular flexibility index (Phi) is 4.74. The molecule has 1 aliphatic heterocycles. The van der Waals surface area contributed by atoms with Crippen LogP contribution in [0.4, 0.5) is 0 Å². The third-order valence-corrected chi connectivity index (χ3v) is 4.50. The van der Waals surface area contributed by atoms with Crippen LogP contribution >= 0.6 is 0 Å². The van der Waals surface area contributed by atoms with E-state index in [4.69, 9.17) is 0 Å². The number of hydrogen-bond acceptors (Lipinski definition) is 2. The minimum atomic E-state index is -3.18. The number of quaternary nitrogens is 1. The molecule has 1 aromatic rings. The van der Waals surface area contributed by atoms with Gasteiger partial charge in [0.1, 0.15) is 6.54 Å². The maximum absolute atomic E-state index is 11.8. The maximum atomic E-state index is 11.8. The number of rotatable bonds is 3. The number of hydrogen-bond donors (Lipinski definition) is 1. The van der Waals surface area contributed by atoms with Crippen molar-refractivity contribution in [1.82, 2.24) is 0 Å². The predicted octanol–water partition coefficient (Wildman–Crippen LogP) is -2.73. The summed E-state index contributed by atoms with van der Waals surface area (Å²) in [5.74, 6) is 0.00943. The van der Waals surface area contributed by atoms with Crippen molar-refractivity contribution in [1.29, 1.82) is 0 Å². The monoisotopic (exact) mass is 273 g/mol. The van der Waals surface area contributed by atoms with E-state index in [0.29, 0.717) is 4.90 Å². The molecule has 0 amide bonds. The lowest BCUT2D eigenvalue weighted by atomic mass is 10.0. The van der Waals surface area contributed by atoms with Crippen LogP contribution in [0.1, 0.15) is 11.1 Å². The van der Waals surface area contributed by atoms with Gasteiger partial charge in [0.15, 0.2) is 9.84 Å². The smallest absolute Gasteiger partial charge is 0.181 e. The first-order valence-electron chi connectivity index (χ1n) is 5.40. The molecule has 1 aliphatic rings. The van der Waals surface area contributed by atoms with Crippen molar-refractivity contribution in [3.05, 3.63) is 42.0 Å². The second-order valence-corrected chi connectivity index (χ2v) is 6.07. The van der Waals surface area contributed by atoms with Gasteiger partial charge in [-0.1, -0.05) is 12.1 Å². The second kappa shape index (κ2) is 5.67. The Morgan fingerprint density at radius 2 is 2.12 bits per heavy atom. The van der Waals surface area contributed by atoms with E-state index in [0.717, 1.165) is 25.1 Å². The minimum Gasteiger partial charge on any atom is -1.00 e. The van der Waals surface area contributed by atoms with Crippen LogP contribution in [0.5, 0.6) is 0 Å². The number of nitrogens with two attached hydrogens (primary N) is 1. The van der Waals surface area contributed by atoms with Crippen molar-refractivity contribution in [2.45, 2.75) is 17.9 Å². The number of benzene rings is 1. The fraction of sp³-hybridized carbons (Fsp3) is 0.333. The summed E-state index contributed by atoms with van der Waals surface area (Å²) >= 11 is 0. The first kappa shape index (κ1) is 14.2. The average molecular weight is 274 g/mol. The Morgan fingerprint density at radius 1 is 1.35 bits per heavy atom. The Morgan fingerprint density at radius 3 is 2.82 bits per heavy atom. The van der Waals surface area contributed by atoms with Gasteiger partial charge >= 0.3 is 0 Å². The Labute approximate surface area is 108 Å². The van der Waals surface area contributed by atoms with Gasteiger partial charge in [0.2, 0.25) is 0 Å². The van der Waals surface area contributed by atoms with Crippen molar-refractivity contribution in [2.75, 3.05) is 12.3 Å². The van der Waals surface area contributed by atoms with Crippen molar-refractivity contribution in [3.8, 4) is 0 Å². The predicted molar refractivity (Wildman–Crippen MR) is 62.9 cm³/mol. The van der Waals surface area contributed by atoms with E-state index < -0.39 is 9.84 Å². The fourth-order valence-corrected chi connectivity index (χ4v) is 3.10. The molecule has 2 N–H and O–H groups in total. The van der Waals surface area contributed by atoms with E-state index in [2.05, 4.69) is 11.9 Å². The quantitative estimate of drug-likeness (QED) is 0.608. The molecule has 0 bridgehead atoms. The van der Waals surface area contributed by atoms with Gasteiger partial charge in [-0.2, -0.15) is 0 Å². The van der Waals surface area contributed by atoms with Gasteiger partial charge in [0.25, 0.3) is 0 Å². The summed E-state index contributed by atoms with van der Waals surface area (Å²) in [7, 11) is -3.18. The Balaban J connectivity index is 0.00000144. The van der Waals surface area contributed by atoms with Crippen molar-refractivity contribution in [2.24, 2.45) is 0 Å². The van der Waals surface area contributed by atoms with E-state index >= 15 is 0 Å². The lowest BCUT2D eigenvalue weighted by molar-refractivity contribution is -0.673. The van der Waals surface area contributed by atoms with Gasteiger partial charge in [-0.25, -0.2) is 8.42 Å². The van der Waals surface area contributed by atoms with Crippen molar-refractivity contribution in [3.63, 3.8) is 0 Å². The molecule has 17 heavy (non-hydrogen) atoms. The van der Waals surface area contributed by atoms with Crippen molar-refractivity contribution >= 4 is 9.84 Å². The first-order valence-corrected chi connectivity index (χ1v) is 7.06. The van der Waals surface area contributed by atoms with Gasteiger partial charge in [0.05, 0.1) is 17.2 Å². The maximum Gasteiger partial charge on any atom is 0.181 e. The molecule has 0 unspecified atom stereocenters. The van der Waals surface area contributed by atoms with Gasteiger partial charge in [-0.05, 0) is 17.7 Å². The van der Waals surface area contributed by atoms with E-state index in [1.54, 1.807) is 6.07 Å². The summed E-state index contributed by atoms with van der Waals surface area (Å²) in [4.78, 5) is 0.418. The second-order valence-electron chi connectivity index (χ2n) is 4.03. The topological polar surface area (TPSA) is 50.8 Å². The molecule has 0 spiro atoms. The van der Waals surface area contributed by atoms with E-state index in [1.807, 2.05) is 12.1 Å². The molecular weight excluding hydrogens is 258 g/mol. The van der Waals surface area contributed by atoms with Crippen LogP contribution in [0.25, 0.3) is 0 Å². The van der Waals surface area contributed by atoms with Crippen LogP contribution < -0.4 is 17.7 Å². The zero-order valence-corrected chi connectivity index (χ0v) is 11.1. The lowest BCUT2D eigenvalue weighted by Crippen LogP contribution is -3.00. The van der Waals surface area contributed by atoms with Crippen LogP contribution in [0.3, 0.4) is 0 Å². The van der Waals surface area contributed by atoms with Crippen molar-refractivity contribution < 1.29 is 26.1 Å². The highest BCUT2D eigenvalue weighted by molar-refractivity contribution is 7.91. The molecule has 94 valence electrons.